The van der Waals surface area contributed by atoms with Crippen LogP contribution in [0.3, 0.4) is 0 Å². The summed E-state index contributed by atoms with van der Waals surface area (Å²) in [7, 11) is 0. The molecule has 8 nitrogen and oxygen atoms in total. The molecule has 0 fully saturated rings. The van der Waals surface area contributed by atoms with Gasteiger partial charge >= 0.3 is 5.69 Å². The van der Waals surface area contributed by atoms with Crippen molar-refractivity contribution in [2.45, 2.75) is 0 Å². The minimum absolute atomic E-state index is 0.173. The third-order valence-corrected chi connectivity index (χ3v) is 2.76. The molecule has 92 valence electrons. The Morgan fingerprint density at radius 3 is 2.94 bits per heavy atom. The maximum Gasteiger partial charge on any atom is 0.319 e. The number of carbonyl (C=O) groups is 1. The molecule has 0 aliphatic carbocycles. The van der Waals surface area contributed by atoms with E-state index in [-0.39, 0.29) is 10.7 Å². The topological polar surface area (TPSA) is 111 Å². The minimum Gasteiger partial charge on any atom is -0.311 e. The number of amides is 1. The molecule has 0 aliphatic heterocycles. The molecule has 0 unspecified atom stereocenters. The number of aromatic nitrogens is 3. The molecule has 10 heteroatoms. The Morgan fingerprint density at radius 1 is 1.56 bits per heavy atom. The lowest BCUT2D eigenvalue weighted by Gasteiger charge is -2.03. The van der Waals surface area contributed by atoms with Crippen molar-refractivity contribution >= 4 is 39.7 Å². The normalized spacial score (nSPS) is 10.1. The van der Waals surface area contributed by atoms with E-state index >= 15 is 0 Å². The molecule has 0 spiro atoms. The quantitative estimate of drug-likeness (QED) is 0.522. The lowest BCUT2D eigenvalue weighted by atomic mass is 10.2. The molecule has 0 bridgehead atoms. The largest absolute Gasteiger partial charge is 0.319 e. The van der Waals surface area contributed by atoms with Gasteiger partial charge in [0.05, 0.1) is 11.1 Å². The summed E-state index contributed by atoms with van der Waals surface area (Å²) >= 11 is 6.55. The highest BCUT2D eigenvalue weighted by Gasteiger charge is 2.25. The minimum atomic E-state index is -0.755. The van der Waals surface area contributed by atoms with E-state index in [2.05, 4.69) is 19.9 Å². The summed E-state index contributed by atoms with van der Waals surface area (Å²) in [4.78, 5) is 25.5. The van der Waals surface area contributed by atoms with Crippen LogP contribution in [-0.2, 0) is 0 Å². The fraction of sp³-hybridized carbons (Fsp3) is 0. The summed E-state index contributed by atoms with van der Waals surface area (Å²) in [5, 5.41) is 16.8. The van der Waals surface area contributed by atoms with Crippen molar-refractivity contribution in [2.24, 2.45) is 0 Å². The van der Waals surface area contributed by atoms with E-state index in [1.54, 1.807) is 0 Å². The molecule has 2 rings (SSSR count). The molecular weight excluding hydrogens is 282 g/mol. The Hall–Kier alpha value is -2.13. The second-order valence-corrected chi connectivity index (χ2v) is 4.13. The number of carbonyl (C=O) groups excluding carboxylic acids is 1. The van der Waals surface area contributed by atoms with Crippen LogP contribution in [0.25, 0.3) is 0 Å². The second-order valence-electron chi connectivity index (χ2n) is 2.99. The molecule has 0 aromatic carbocycles. The Bertz CT molecular complexity index is 603. The van der Waals surface area contributed by atoms with Gasteiger partial charge in [0.1, 0.15) is 10.6 Å². The smallest absolute Gasteiger partial charge is 0.311 e. The monoisotopic (exact) mass is 285 g/mol. The van der Waals surface area contributed by atoms with Gasteiger partial charge in [0.2, 0.25) is 5.15 Å². The average Bonchev–Trinajstić information content (AvgIpc) is 2.80. The number of nitrogens with one attached hydrogen (secondary N) is 1. The van der Waals surface area contributed by atoms with Gasteiger partial charge in [-0.1, -0.05) is 16.1 Å². The lowest BCUT2D eigenvalue weighted by Crippen LogP contribution is -2.13. The number of anilines is 1. The number of halogens is 1. The zero-order valence-corrected chi connectivity index (χ0v) is 10.1. The van der Waals surface area contributed by atoms with Gasteiger partial charge in [-0.2, -0.15) is 0 Å². The van der Waals surface area contributed by atoms with Gasteiger partial charge < -0.3 is 5.32 Å². The zero-order chi connectivity index (χ0) is 13.1. The molecule has 2 heterocycles. The van der Waals surface area contributed by atoms with Crippen LogP contribution in [0.5, 0.6) is 0 Å². The first-order valence-corrected chi connectivity index (χ1v) is 5.62. The van der Waals surface area contributed by atoms with Crippen molar-refractivity contribution in [3.05, 3.63) is 39.3 Å². The Labute approximate surface area is 109 Å². The third-order valence-electron chi connectivity index (χ3n) is 1.90. The van der Waals surface area contributed by atoms with Crippen LogP contribution >= 0.6 is 23.1 Å². The summed E-state index contributed by atoms with van der Waals surface area (Å²) < 4.78 is 3.55. The van der Waals surface area contributed by atoms with Crippen LogP contribution in [0.15, 0.2) is 18.5 Å². The lowest BCUT2D eigenvalue weighted by molar-refractivity contribution is -0.385. The molecular formula is C8H4ClN5O3S. The first kappa shape index (κ1) is 12.3. The van der Waals surface area contributed by atoms with Crippen molar-refractivity contribution in [3.8, 4) is 0 Å². The highest BCUT2D eigenvalue weighted by Crippen LogP contribution is 2.26. The molecule has 0 atom stereocenters. The molecule has 2 aromatic rings. The van der Waals surface area contributed by atoms with E-state index in [1.807, 2.05) is 0 Å². The Kier molecular flexibility index (Phi) is 3.44. The van der Waals surface area contributed by atoms with Gasteiger partial charge in [-0.3, -0.25) is 14.9 Å². The fourth-order valence-electron chi connectivity index (χ4n) is 1.19. The zero-order valence-electron chi connectivity index (χ0n) is 8.53. The van der Waals surface area contributed by atoms with Gasteiger partial charge in [0.15, 0.2) is 0 Å². The maximum atomic E-state index is 11.8. The van der Waals surface area contributed by atoms with Gasteiger partial charge in [-0.15, -0.1) is 5.10 Å². The third kappa shape index (κ3) is 2.41. The molecule has 0 radical (unpaired) electrons. The Balaban J connectivity index is 2.36. The van der Waals surface area contributed by atoms with Crippen LogP contribution in [0.1, 0.15) is 10.4 Å². The first-order chi connectivity index (χ1) is 8.59. The molecule has 1 N–H and O–H groups in total. The van der Waals surface area contributed by atoms with Crippen molar-refractivity contribution in [2.75, 3.05) is 5.32 Å². The Morgan fingerprint density at radius 2 is 2.33 bits per heavy atom. The molecule has 0 saturated carbocycles. The van der Waals surface area contributed by atoms with Crippen LogP contribution in [-0.4, -0.2) is 25.4 Å². The number of pyridine rings is 1. The predicted octanol–water partition coefficient (Wildman–Crippen LogP) is 1.75. The maximum absolute atomic E-state index is 11.8. The summed E-state index contributed by atoms with van der Waals surface area (Å²) in [6.07, 6.45) is 2.55. The number of hydrogen-bond acceptors (Lipinski definition) is 7. The number of nitrogens with zero attached hydrogens (tertiary/aromatic N) is 4. The van der Waals surface area contributed by atoms with Crippen LogP contribution in [0, 0.1) is 10.1 Å². The van der Waals surface area contributed by atoms with E-state index in [0.717, 1.165) is 11.5 Å². The highest BCUT2D eigenvalue weighted by atomic mass is 35.5. The van der Waals surface area contributed by atoms with Crippen LogP contribution in [0.4, 0.5) is 10.7 Å². The van der Waals surface area contributed by atoms with Gasteiger partial charge in [-0.05, 0) is 6.07 Å². The van der Waals surface area contributed by atoms with E-state index in [0.29, 0.717) is 5.00 Å². The summed E-state index contributed by atoms with van der Waals surface area (Å²) in [6.45, 7) is 0. The molecule has 2 aromatic heterocycles. The molecule has 1 amide bonds. The van der Waals surface area contributed by atoms with Crippen molar-refractivity contribution in [1.29, 1.82) is 0 Å². The van der Waals surface area contributed by atoms with E-state index in [9.17, 15) is 14.9 Å². The van der Waals surface area contributed by atoms with Gasteiger partial charge in [-0.25, -0.2) is 4.98 Å². The van der Waals surface area contributed by atoms with Gasteiger partial charge in [0, 0.05) is 17.7 Å². The molecule has 0 aliphatic rings. The van der Waals surface area contributed by atoms with E-state index in [4.69, 9.17) is 11.6 Å². The molecule has 0 saturated heterocycles. The summed E-state index contributed by atoms with van der Waals surface area (Å²) in [6, 6.07) is 1.22. The van der Waals surface area contributed by atoms with Gasteiger partial charge in [0.25, 0.3) is 5.91 Å². The van der Waals surface area contributed by atoms with E-state index in [1.165, 1.54) is 18.5 Å². The summed E-state index contributed by atoms with van der Waals surface area (Å²) in [5.41, 5.74) is -0.706. The first-order valence-electron chi connectivity index (χ1n) is 4.47. The van der Waals surface area contributed by atoms with Crippen LogP contribution < -0.4 is 5.32 Å². The van der Waals surface area contributed by atoms with Crippen LogP contribution in [0.2, 0.25) is 5.15 Å². The predicted molar refractivity (Wildman–Crippen MR) is 63.8 cm³/mol. The van der Waals surface area contributed by atoms with Crippen molar-refractivity contribution in [3.63, 3.8) is 0 Å². The van der Waals surface area contributed by atoms with Crippen molar-refractivity contribution < 1.29 is 9.72 Å². The molecule has 18 heavy (non-hydrogen) atoms. The van der Waals surface area contributed by atoms with E-state index < -0.39 is 16.5 Å². The average molecular weight is 286 g/mol. The number of nitro groups is 1. The summed E-state index contributed by atoms with van der Waals surface area (Å²) in [5.74, 6) is -0.669. The standard InChI is InChI=1S/C8H4ClN5O3S/c9-7-6(14(16)17)4(1-2-10-7)8(15)12-5-3-11-13-18-5/h1-3H,(H,12,15). The highest BCUT2D eigenvalue weighted by molar-refractivity contribution is 7.10. The second kappa shape index (κ2) is 5.02. The fourth-order valence-corrected chi connectivity index (χ4v) is 1.83. The number of rotatable bonds is 3. The SMILES string of the molecule is O=C(Nc1cnns1)c1ccnc(Cl)c1[N+](=O)[O-]. The number of hydrogen-bond donors (Lipinski definition) is 1. The van der Waals surface area contributed by atoms with Crippen molar-refractivity contribution in [1.82, 2.24) is 14.6 Å².